The van der Waals surface area contributed by atoms with Crippen molar-refractivity contribution in [1.82, 2.24) is 15.1 Å². The average Bonchev–Trinajstić information content (AvgIpc) is 2.53. The highest BCUT2D eigenvalue weighted by Gasteiger charge is 2.32. The van der Waals surface area contributed by atoms with Crippen molar-refractivity contribution in [2.24, 2.45) is 0 Å². The van der Waals surface area contributed by atoms with Crippen LogP contribution in [0.5, 0.6) is 0 Å². The highest BCUT2D eigenvalue weighted by Crippen LogP contribution is 2.26. The Hall–Kier alpha value is -1.39. The van der Waals surface area contributed by atoms with Gasteiger partial charge in [-0.05, 0) is 44.5 Å². The van der Waals surface area contributed by atoms with E-state index < -0.39 is 0 Å². The van der Waals surface area contributed by atoms with Crippen LogP contribution in [-0.2, 0) is 11.2 Å². The number of nitrogens with zero attached hydrogens (tertiary/aromatic N) is 2. The number of rotatable bonds is 2. The van der Waals surface area contributed by atoms with Gasteiger partial charge in [-0.2, -0.15) is 0 Å². The van der Waals surface area contributed by atoms with Crippen molar-refractivity contribution in [2.75, 3.05) is 33.7 Å². The fraction of sp³-hybridized carbons (Fsp3) is 0.588. The van der Waals surface area contributed by atoms with Crippen molar-refractivity contribution in [3.05, 3.63) is 35.4 Å². The van der Waals surface area contributed by atoms with Gasteiger partial charge in [-0.25, -0.2) is 0 Å². The molecule has 1 amide bonds. The highest BCUT2D eigenvalue weighted by molar-refractivity contribution is 5.84. The van der Waals surface area contributed by atoms with E-state index in [9.17, 15) is 4.79 Å². The molecule has 1 fully saturated rings. The Bertz CT molecular complexity index is 515. The maximum Gasteiger partial charge on any atom is 0.244 e. The molecule has 3 rings (SSSR count). The molecule has 0 spiro atoms. The molecule has 2 heterocycles. The quantitative estimate of drug-likeness (QED) is 0.894. The second-order valence-electron chi connectivity index (χ2n) is 6.38. The van der Waals surface area contributed by atoms with Gasteiger partial charge in [-0.15, -0.1) is 0 Å². The number of nitrogens with one attached hydrogen (secondary N) is 1. The largest absolute Gasteiger partial charge is 0.339 e. The molecule has 1 N–H and O–H groups in total. The Kier molecular flexibility index (Phi) is 4.27. The topological polar surface area (TPSA) is 35.6 Å². The van der Waals surface area contributed by atoms with Crippen molar-refractivity contribution in [1.29, 1.82) is 0 Å². The Balaban J connectivity index is 1.77. The van der Waals surface area contributed by atoms with E-state index in [1.54, 1.807) is 0 Å². The van der Waals surface area contributed by atoms with Crippen LogP contribution >= 0.6 is 0 Å². The Morgan fingerprint density at radius 3 is 2.95 bits per heavy atom. The first-order valence-electron chi connectivity index (χ1n) is 7.93. The third-order valence-electron chi connectivity index (χ3n) is 4.79. The van der Waals surface area contributed by atoms with Gasteiger partial charge in [0.15, 0.2) is 0 Å². The summed E-state index contributed by atoms with van der Waals surface area (Å²) in [4.78, 5) is 17.2. The monoisotopic (exact) mass is 287 g/mol. The lowest BCUT2D eigenvalue weighted by Gasteiger charge is -2.38. The molecule has 4 heteroatoms. The lowest BCUT2D eigenvalue weighted by molar-refractivity contribution is -0.135. The van der Waals surface area contributed by atoms with Crippen molar-refractivity contribution in [3.8, 4) is 0 Å². The Morgan fingerprint density at radius 1 is 1.33 bits per heavy atom. The number of hydrogen-bond donors (Lipinski definition) is 1. The molecule has 4 nitrogen and oxygen atoms in total. The van der Waals surface area contributed by atoms with Gasteiger partial charge < -0.3 is 15.1 Å². The summed E-state index contributed by atoms with van der Waals surface area (Å²) in [6.45, 7) is 2.63. The van der Waals surface area contributed by atoms with E-state index in [2.05, 4.69) is 42.5 Å². The molecule has 21 heavy (non-hydrogen) atoms. The third kappa shape index (κ3) is 2.97. The number of likely N-dealkylation sites (N-methyl/N-ethyl adjacent to an activating group) is 1. The highest BCUT2D eigenvalue weighted by atomic mass is 16.2. The first kappa shape index (κ1) is 14.5. The molecule has 1 aromatic carbocycles. The summed E-state index contributed by atoms with van der Waals surface area (Å²) in [6, 6.07) is 8.67. The molecule has 1 aromatic rings. The molecule has 0 aliphatic carbocycles. The van der Waals surface area contributed by atoms with Crippen molar-refractivity contribution in [2.45, 2.75) is 31.3 Å². The van der Waals surface area contributed by atoms with Gasteiger partial charge in [-0.3, -0.25) is 4.79 Å². The third-order valence-corrected chi connectivity index (χ3v) is 4.79. The van der Waals surface area contributed by atoms with E-state index in [0.29, 0.717) is 6.04 Å². The van der Waals surface area contributed by atoms with Crippen LogP contribution in [0.15, 0.2) is 24.3 Å². The fourth-order valence-corrected chi connectivity index (χ4v) is 3.48. The molecular formula is C17H25N3O. The molecule has 0 aromatic heterocycles. The molecule has 114 valence electrons. The minimum atomic E-state index is -0.157. The average molecular weight is 287 g/mol. The molecule has 2 atom stereocenters. The maximum absolute atomic E-state index is 12.9. The summed E-state index contributed by atoms with van der Waals surface area (Å²) >= 11 is 0. The van der Waals surface area contributed by atoms with Crippen LogP contribution in [0.3, 0.4) is 0 Å². The molecule has 2 unspecified atom stereocenters. The van der Waals surface area contributed by atoms with Gasteiger partial charge in [0.25, 0.3) is 0 Å². The van der Waals surface area contributed by atoms with Gasteiger partial charge >= 0.3 is 0 Å². The van der Waals surface area contributed by atoms with Crippen LogP contribution in [0.25, 0.3) is 0 Å². The molecule has 1 saturated heterocycles. The van der Waals surface area contributed by atoms with Crippen LogP contribution < -0.4 is 5.32 Å². The number of carbonyl (C=O) groups excluding carboxylic acids is 1. The minimum Gasteiger partial charge on any atom is -0.339 e. The van der Waals surface area contributed by atoms with Crippen LogP contribution in [0.1, 0.15) is 30.0 Å². The number of fused-ring (bicyclic) bond motifs is 1. The number of hydrogen-bond acceptors (Lipinski definition) is 3. The fourth-order valence-electron chi connectivity index (χ4n) is 3.48. The van der Waals surface area contributed by atoms with Crippen molar-refractivity contribution < 1.29 is 4.79 Å². The molecular weight excluding hydrogens is 262 g/mol. The summed E-state index contributed by atoms with van der Waals surface area (Å²) in [7, 11) is 4.21. The molecule has 2 aliphatic heterocycles. The number of likely N-dealkylation sites (tertiary alicyclic amines) is 1. The SMILES string of the molecule is CN(C)C1CCCN(C(=O)C2NCCc3ccccc32)C1. The van der Waals surface area contributed by atoms with Crippen LogP contribution in [0.2, 0.25) is 0 Å². The van der Waals surface area contributed by atoms with Gasteiger partial charge in [-0.1, -0.05) is 24.3 Å². The Morgan fingerprint density at radius 2 is 2.14 bits per heavy atom. The smallest absolute Gasteiger partial charge is 0.244 e. The first-order chi connectivity index (χ1) is 10.2. The van der Waals surface area contributed by atoms with Crippen molar-refractivity contribution >= 4 is 5.91 Å². The second kappa shape index (κ2) is 6.16. The first-order valence-corrected chi connectivity index (χ1v) is 7.93. The molecule has 0 saturated carbocycles. The summed E-state index contributed by atoms with van der Waals surface area (Å²) in [6.07, 6.45) is 3.30. The van der Waals surface area contributed by atoms with Gasteiger partial charge in [0, 0.05) is 25.7 Å². The number of piperidine rings is 1. The van der Waals surface area contributed by atoms with E-state index in [-0.39, 0.29) is 11.9 Å². The predicted molar refractivity (Wildman–Crippen MR) is 84.2 cm³/mol. The molecule has 0 bridgehead atoms. The lowest BCUT2D eigenvalue weighted by atomic mass is 9.93. The van der Waals surface area contributed by atoms with Crippen LogP contribution in [-0.4, -0.2) is 55.5 Å². The van der Waals surface area contributed by atoms with E-state index in [1.165, 1.54) is 17.5 Å². The standard InChI is InChI=1S/C17H25N3O/c1-19(2)14-7-5-11-20(12-14)17(21)16-15-8-4-3-6-13(15)9-10-18-16/h3-4,6,8,14,16,18H,5,7,9-12H2,1-2H3. The molecule has 0 radical (unpaired) electrons. The zero-order valence-corrected chi connectivity index (χ0v) is 13.0. The zero-order chi connectivity index (χ0) is 14.8. The predicted octanol–water partition coefficient (Wildman–Crippen LogP) is 1.43. The molecule has 2 aliphatic rings. The summed E-state index contributed by atoms with van der Waals surface area (Å²) in [5, 5.41) is 3.41. The van der Waals surface area contributed by atoms with E-state index >= 15 is 0 Å². The second-order valence-corrected chi connectivity index (χ2v) is 6.38. The van der Waals surface area contributed by atoms with E-state index in [0.717, 1.165) is 32.5 Å². The number of carbonyl (C=O) groups is 1. The van der Waals surface area contributed by atoms with Gasteiger partial charge in [0.2, 0.25) is 5.91 Å². The number of amides is 1. The minimum absolute atomic E-state index is 0.157. The zero-order valence-electron chi connectivity index (χ0n) is 13.0. The van der Waals surface area contributed by atoms with E-state index in [4.69, 9.17) is 0 Å². The normalized spacial score (nSPS) is 25.8. The number of benzene rings is 1. The summed E-state index contributed by atoms with van der Waals surface area (Å²) in [5.74, 6) is 0.244. The van der Waals surface area contributed by atoms with Gasteiger partial charge in [0.05, 0.1) is 0 Å². The van der Waals surface area contributed by atoms with Gasteiger partial charge in [0.1, 0.15) is 6.04 Å². The van der Waals surface area contributed by atoms with Crippen molar-refractivity contribution in [3.63, 3.8) is 0 Å². The summed E-state index contributed by atoms with van der Waals surface area (Å²) < 4.78 is 0. The Labute approximate surface area is 127 Å². The lowest BCUT2D eigenvalue weighted by Crippen LogP contribution is -2.51. The van der Waals surface area contributed by atoms with Crippen LogP contribution in [0, 0.1) is 0 Å². The van der Waals surface area contributed by atoms with E-state index in [1.807, 2.05) is 11.0 Å². The summed E-state index contributed by atoms with van der Waals surface area (Å²) in [5.41, 5.74) is 2.48. The van der Waals surface area contributed by atoms with Crippen LogP contribution in [0.4, 0.5) is 0 Å². The maximum atomic E-state index is 12.9.